The first-order valence-corrected chi connectivity index (χ1v) is 14.9. The molecule has 222 valence electrons. The first-order valence-electron chi connectivity index (χ1n) is 14.9. The van der Waals surface area contributed by atoms with Gasteiger partial charge in [0.05, 0.1) is 30.7 Å². The van der Waals surface area contributed by atoms with Gasteiger partial charge in [0.2, 0.25) is 5.88 Å². The number of carbonyl (C=O) groups excluding carboxylic acids is 2. The van der Waals surface area contributed by atoms with E-state index in [2.05, 4.69) is 4.98 Å². The maximum absolute atomic E-state index is 13.8. The molecule has 42 heavy (non-hydrogen) atoms. The molecule has 11 nitrogen and oxygen atoms in total. The third-order valence-electron chi connectivity index (χ3n) is 9.55. The summed E-state index contributed by atoms with van der Waals surface area (Å²) < 4.78 is 19.2. The van der Waals surface area contributed by atoms with E-state index in [1.165, 1.54) is 4.57 Å². The van der Waals surface area contributed by atoms with E-state index < -0.39 is 5.60 Å². The number of aromatic nitrogens is 3. The highest BCUT2D eigenvalue weighted by molar-refractivity contribution is 5.98. The summed E-state index contributed by atoms with van der Waals surface area (Å²) >= 11 is 0. The van der Waals surface area contributed by atoms with Crippen LogP contribution in [0.1, 0.15) is 58.0 Å². The fraction of sp³-hybridized carbons (Fsp3) is 0.548. The van der Waals surface area contributed by atoms with Crippen molar-refractivity contribution in [3.05, 3.63) is 57.6 Å². The number of likely N-dealkylation sites (tertiary alicyclic amines) is 2. The lowest BCUT2D eigenvalue weighted by Crippen LogP contribution is -2.44. The molecule has 1 saturated carbocycles. The molecule has 5 heterocycles. The number of hydrogen-bond donors (Lipinski definition) is 1. The Morgan fingerprint density at radius 2 is 1.74 bits per heavy atom. The average molecular weight is 576 g/mol. The standard InChI is InChI=1S/C31H37N5O6/c1-34-26-12-21(5-6-24(26)33-30(34)39)28(37)35-14-23-15-36(18-31(23,17-35)40-2)29(38)22-11-25(20-3-4-20)32-27(13-22)42-16-19-7-9-41-10-8-19/h5-6,11-13,19-20,23H,3-4,7-10,14-18H2,1-2H3,(H,33,39). The number of aryl methyl sites for hydroxylation is 1. The van der Waals surface area contributed by atoms with Crippen molar-refractivity contribution in [1.29, 1.82) is 0 Å². The Morgan fingerprint density at radius 1 is 1.02 bits per heavy atom. The van der Waals surface area contributed by atoms with Crippen molar-refractivity contribution in [3.8, 4) is 5.88 Å². The van der Waals surface area contributed by atoms with Crippen molar-refractivity contribution >= 4 is 22.8 Å². The Balaban J connectivity index is 1.06. The van der Waals surface area contributed by atoms with Crippen LogP contribution in [0.4, 0.5) is 0 Å². The van der Waals surface area contributed by atoms with Crippen LogP contribution in [0.5, 0.6) is 5.88 Å². The minimum atomic E-state index is -0.634. The predicted molar refractivity (Wildman–Crippen MR) is 154 cm³/mol. The quantitative estimate of drug-likeness (QED) is 0.460. The highest BCUT2D eigenvalue weighted by Crippen LogP contribution is 2.42. The minimum absolute atomic E-state index is 0.00951. The number of rotatable bonds is 7. The van der Waals surface area contributed by atoms with Gasteiger partial charge in [-0.25, -0.2) is 9.78 Å². The summed E-state index contributed by atoms with van der Waals surface area (Å²) in [6, 6.07) is 8.96. The number of benzene rings is 1. The van der Waals surface area contributed by atoms with Crippen LogP contribution in [-0.4, -0.2) is 94.9 Å². The number of ether oxygens (including phenoxy) is 3. The monoisotopic (exact) mass is 575 g/mol. The first-order chi connectivity index (χ1) is 20.3. The molecule has 4 fully saturated rings. The molecule has 2 aromatic heterocycles. The number of hydrogen-bond acceptors (Lipinski definition) is 7. The van der Waals surface area contributed by atoms with Gasteiger partial charge >= 0.3 is 5.69 Å². The van der Waals surface area contributed by atoms with Gasteiger partial charge in [-0.05, 0) is 55.9 Å². The number of imidazole rings is 1. The second-order valence-electron chi connectivity index (χ2n) is 12.3. The maximum atomic E-state index is 13.8. The lowest BCUT2D eigenvalue weighted by atomic mass is 9.95. The van der Waals surface area contributed by atoms with Crippen LogP contribution in [0.3, 0.4) is 0 Å². The second-order valence-corrected chi connectivity index (χ2v) is 12.3. The minimum Gasteiger partial charge on any atom is -0.477 e. The van der Waals surface area contributed by atoms with E-state index >= 15 is 0 Å². The Hall–Kier alpha value is -3.70. The zero-order valence-electron chi connectivity index (χ0n) is 24.1. The van der Waals surface area contributed by atoms with Crippen LogP contribution in [0.2, 0.25) is 0 Å². The second kappa shape index (κ2) is 10.5. The number of aromatic amines is 1. The Bertz CT molecular complexity index is 1590. The molecule has 2 amide bonds. The first kappa shape index (κ1) is 27.2. The van der Waals surface area contributed by atoms with Crippen molar-refractivity contribution in [2.75, 3.05) is 53.1 Å². The number of nitrogens with zero attached hydrogens (tertiary/aromatic N) is 4. The molecule has 0 spiro atoms. The number of amides is 2. The molecule has 1 N–H and O–H groups in total. The van der Waals surface area contributed by atoms with Crippen LogP contribution < -0.4 is 10.4 Å². The van der Waals surface area contributed by atoms with Crippen LogP contribution >= 0.6 is 0 Å². The van der Waals surface area contributed by atoms with E-state index in [9.17, 15) is 14.4 Å². The molecule has 3 aromatic rings. The molecule has 0 radical (unpaired) electrons. The van der Waals surface area contributed by atoms with Gasteiger partial charge in [0, 0.05) is 75.2 Å². The summed E-state index contributed by atoms with van der Waals surface area (Å²) in [4.78, 5) is 50.6. The summed E-state index contributed by atoms with van der Waals surface area (Å²) in [7, 11) is 3.34. The van der Waals surface area contributed by atoms with E-state index in [1.807, 2.05) is 15.9 Å². The normalized spacial score (nSPS) is 24.4. The van der Waals surface area contributed by atoms with Crippen LogP contribution in [0.25, 0.3) is 11.0 Å². The number of methoxy groups -OCH3 is 1. The largest absolute Gasteiger partial charge is 0.477 e. The number of nitrogens with one attached hydrogen (secondary N) is 1. The third kappa shape index (κ3) is 4.88. The van der Waals surface area contributed by atoms with E-state index in [-0.39, 0.29) is 23.4 Å². The molecular formula is C31H37N5O6. The summed E-state index contributed by atoms with van der Waals surface area (Å²) in [6.07, 6.45) is 4.12. The molecule has 1 aromatic carbocycles. The molecule has 0 bridgehead atoms. The summed E-state index contributed by atoms with van der Waals surface area (Å²) in [5.74, 6) is 1.17. The lowest BCUT2D eigenvalue weighted by Gasteiger charge is -2.28. The van der Waals surface area contributed by atoms with E-state index in [0.29, 0.717) is 72.7 Å². The SMILES string of the molecule is COC12CN(C(=O)c3cc(OCC4CCOCC4)nc(C4CC4)c3)CC1CN(C(=O)c1ccc3[nH]c(=O)n(C)c3c1)C2. The van der Waals surface area contributed by atoms with Gasteiger partial charge in [-0.1, -0.05) is 0 Å². The summed E-state index contributed by atoms with van der Waals surface area (Å²) in [6.45, 7) is 3.89. The van der Waals surface area contributed by atoms with Crippen molar-refractivity contribution in [2.24, 2.45) is 18.9 Å². The van der Waals surface area contributed by atoms with Gasteiger partial charge in [-0.3, -0.25) is 14.2 Å². The topological polar surface area (TPSA) is 119 Å². The number of fused-ring (bicyclic) bond motifs is 2. The number of carbonyl (C=O) groups is 2. The lowest BCUT2D eigenvalue weighted by molar-refractivity contribution is -0.0111. The van der Waals surface area contributed by atoms with Gasteiger partial charge in [0.25, 0.3) is 11.8 Å². The van der Waals surface area contributed by atoms with Gasteiger partial charge in [0.1, 0.15) is 5.60 Å². The van der Waals surface area contributed by atoms with Gasteiger partial charge in [-0.15, -0.1) is 0 Å². The zero-order valence-corrected chi connectivity index (χ0v) is 24.1. The molecule has 3 aliphatic heterocycles. The molecule has 2 unspecified atom stereocenters. The molecule has 1 aliphatic carbocycles. The fourth-order valence-electron chi connectivity index (χ4n) is 6.76. The molecule has 3 saturated heterocycles. The van der Waals surface area contributed by atoms with Crippen LogP contribution in [0, 0.1) is 11.8 Å². The van der Waals surface area contributed by atoms with Crippen molar-refractivity contribution in [1.82, 2.24) is 24.3 Å². The van der Waals surface area contributed by atoms with E-state index in [1.54, 1.807) is 38.4 Å². The molecule has 7 rings (SSSR count). The Labute approximate surface area is 243 Å². The zero-order chi connectivity index (χ0) is 29.0. The molecule has 2 atom stereocenters. The van der Waals surface area contributed by atoms with Gasteiger partial charge < -0.3 is 29.0 Å². The van der Waals surface area contributed by atoms with Crippen LogP contribution in [0.15, 0.2) is 35.1 Å². The number of H-pyrrole nitrogens is 1. The number of pyridine rings is 1. The highest BCUT2D eigenvalue weighted by Gasteiger charge is 2.55. The molecule has 11 heteroatoms. The maximum Gasteiger partial charge on any atom is 0.326 e. The third-order valence-corrected chi connectivity index (χ3v) is 9.55. The fourth-order valence-corrected chi connectivity index (χ4v) is 6.76. The van der Waals surface area contributed by atoms with Crippen LogP contribution in [-0.2, 0) is 16.5 Å². The Morgan fingerprint density at radius 3 is 2.40 bits per heavy atom. The van der Waals surface area contributed by atoms with Gasteiger partial charge in [-0.2, -0.15) is 0 Å². The van der Waals surface area contributed by atoms with Crippen molar-refractivity contribution in [2.45, 2.75) is 37.2 Å². The summed E-state index contributed by atoms with van der Waals surface area (Å²) in [5.41, 5.74) is 2.57. The highest BCUT2D eigenvalue weighted by atomic mass is 16.5. The smallest absolute Gasteiger partial charge is 0.326 e. The molecule has 4 aliphatic rings. The molecular weight excluding hydrogens is 538 g/mol. The summed E-state index contributed by atoms with van der Waals surface area (Å²) in [5, 5.41) is 0. The van der Waals surface area contributed by atoms with Gasteiger partial charge in [0.15, 0.2) is 0 Å². The van der Waals surface area contributed by atoms with E-state index in [0.717, 1.165) is 44.6 Å². The van der Waals surface area contributed by atoms with Crippen molar-refractivity contribution < 1.29 is 23.8 Å². The average Bonchev–Trinajstić information content (AvgIpc) is 3.64. The Kier molecular flexibility index (Phi) is 6.81. The van der Waals surface area contributed by atoms with E-state index in [4.69, 9.17) is 19.2 Å². The predicted octanol–water partition coefficient (Wildman–Crippen LogP) is 2.56. The van der Waals surface area contributed by atoms with Crippen molar-refractivity contribution in [3.63, 3.8) is 0 Å².